The van der Waals surface area contributed by atoms with E-state index >= 15 is 0 Å². The monoisotopic (exact) mass is 286 g/mol. The van der Waals surface area contributed by atoms with Crippen molar-refractivity contribution < 1.29 is 19.0 Å². The highest BCUT2D eigenvalue weighted by molar-refractivity contribution is 5.72. The lowest BCUT2D eigenvalue weighted by molar-refractivity contribution is -0.134. The quantitative estimate of drug-likeness (QED) is 0.603. The summed E-state index contributed by atoms with van der Waals surface area (Å²) in [4.78, 5) is 11.7. The first-order chi connectivity index (χ1) is 10.2. The van der Waals surface area contributed by atoms with Crippen molar-refractivity contribution in [2.45, 2.75) is 13.3 Å². The topological polar surface area (TPSA) is 44.8 Å². The zero-order valence-electron chi connectivity index (χ0n) is 12.2. The van der Waals surface area contributed by atoms with Crippen LogP contribution in [0.5, 0.6) is 17.2 Å². The van der Waals surface area contributed by atoms with Crippen molar-refractivity contribution in [1.29, 1.82) is 0 Å². The van der Waals surface area contributed by atoms with E-state index < -0.39 is 0 Å². The fourth-order valence-electron chi connectivity index (χ4n) is 1.77. The maximum absolute atomic E-state index is 11.7. The number of rotatable bonds is 6. The number of esters is 1. The standard InChI is InChI=1S/C17H18O4/c1-13-5-3-4-6-16(13)21-17(18)11-12-20-15-9-7-14(19-2)8-10-15/h3-10H,11-12H2,1-2H3. The van der Waals surface area contributed by atoms with Gasteiger partial charge in [0.2, 0.25) is 0 Å². The molecule has 0 aromatic heterocycles. The molecule has 0 atom stereocenters. The predicted molar refractivity (Wildman–Crippen MR) is 79.9 cm³/mol. The minimum atomic E-state index is -0.308. The zero-order valence-corrected chi connectivity index (χ0v) is 12.2. The molecule has 2 rings (SSSR count). The SMILES string of the molecule is COc1ccc(OCCC(=O)Oc2ccccc2C)cc1. The van der Waals surface area contributed by atoms with Gasteiger partial charge in [0.25, 0.3) is 0 Å². The highest BCUT2D eigenvalue weighted by atomic mass is 16.5. The van der Waals surface area contributed by atoms with Crippen LogP contribution in [-0.4, -0.2) is 19.7 Å². The molecule has 0 aliphatic heterocycles. The molecule has 0 N–H and O–H groups in total. The van der Waals surface area contributed by atoms with Gasteiger partial charge in [-0.05, 0) is 42.8 Å². The summed E-state index contributed by atoms with van der Waals surface area (Å²) in [5, 5.41) is 0. The molecule has 0 spiro atoms. The number of para-hydroxylation sites is 1. The summed E-state index contributed by atoms with van der Waals surface area (Å²) in [6, 6.07) is 14.6. The third-order valence-electron chi connectivity index (χ3n) is 2.95. The Bertz CT molecular complexity index is 590. The van der Waals surface area contributed by atoms with Crippen molar-refractivity contribution in [1.82, 2.24) is 0 Å². The van der Waals surface area contributed by atoms with Crippen molar-refractivity contribution in [3.05, 3.63) is 54.1 Å². The Morgan fingerprint density at radius 2 is 1.67 bits per heavy atom. The van der Waals surface area contributed by atoms with Gasteiger partial charge in [-0.3, -0.25) is 4.79 Å². The molecule has 4 nitrogen and oxygen atoms in total. The molecule has 0 unspecified atom stereocenters. The predicted octanol–water partition coefficient (Wildman–Crippen LogP) is 3.38. The first kappa shape index (κ1) is 14.9. The molecule has 2 aromatic carbocycles. The molecule has 0 saturated carbocycles. The third-order valence-corrected chi connectivity index (χ3v) is 2.95. The first-order valence-corrected chi connectivity index (χ1v) is 6.72. The molecule has 0 heterocycles. The van der Waals surface area contributed by atoms with Crippen molar-refractivity contribution in [3.8, 4) is 17.2 Å². The lowest BCUT2D eigenvalue weighted by Gasteiger charge is -2.08. The Morgan fingerprint density at radius 1 is 1.00 bits per heavy atom. The van der Waals surface area contributed by atoms with E-state index in [1.807, 2.05) is 25.1 Å². The number of hydrogen-bond donors (Lipinski definition) is 0. The maximum atomic E-state index is 11.7. The first-order valence-electron chi connectivity index (χ1n) is 6.72. The van der Waals surface area contributed by atoms with Gasteiger partial charge in [-0.1, -0.05) is 18.2 Å². The second-order valence-corrected chi connectivity index (χ2v) is 4.51. The van der Waals surface area contributed by atoms with Crippen molar-refractivity contribution >= 4 is 5.97 Å². The van der Waals surface area contributed by atoms with Crippen LogP contribution in [0.15, 0.2) is 48.5 Å². The van der Waals surface area contributed by atoms with E-state index in [1.54, 1.807) is 37.4 Å². The van der Waals surface area contributed by atoms with Gasteiger partial charge in [-0.15, -0.1) is 0 Å². The van der Waals surface area contributed by atoms with Gasteiger partial charge in [0.15, 0.2) is 0 Å². The molecule has 21 heavy (non-hydrogen) atoms. The number of hydrogen-bond acceptors (Lipinski definition) is 4. The van der Waals surface area contributed by atoms with Gasteiger partial charge < -0.3 is 14.2 Å². The average Bonchev–Trinajstić information content (AvgIpc) is 2.50. The van der Waals surface area contributed by atoms with Gasteiger partial charge in [0.05, 0.1) is 20.1 Å². The van der Waals surface area contributed by atoms with Gasteiger partial charge >= 0.3 is 5.97 Å². The van der Waals surface area contributed by atoms with Crippen LogP contribution in [0.25, 0.3) is 0 Å². The van der Waals surface area contributed by atoms with Gasteiger partial charge in [0.1, 0.15) is 17.2 Å². The summed E-state index contributed by atoms with van der Waals surface area (Å²) < 4.78 is 15.8. The van der Waals surface area contributed by atoms with E-state index in [0.717, 1.165) is 11.3 Å². The molecular weight excluding hydrogens is 268 g/mol. The molecule has 4 heteroatoms. The van der Waals surface area contributed by atoms with Crippen LogP contribution in [0.1, 0.15) is 12.0 Å². The van der Waals surface area contributed by atoms with E-state index in [4.69, 9.17) is 14.2 Å². The fourth-order valence-corrected chi connectivity index (χ4v) is 1.77. The lowest BCUT2D eigenvalue weighted by Crippen LogP contribution is -2.13. The van der Waals surface area contributed by atoms with Gasteiger partial charge in [-0.25, -0.2) is 0 Å². The lowest BCUT2D eigenvalue weighted by atomic mass is 10.2. The van der Waals surface area contributed by atoms with Crippen LogP contribution in [0.2, 0.25) is 0 Å². The van der Waals surface area contributed by atoms with Crippen LogP contribution in [0.4, 0.5) is 0 Å². The third kappa shape index (κ3) is 4.53. The highest BCUT2D eigenvalue weighted by Gasteiger charge is 2.07. The summed E-state index contributed by atoms with van der Waals surface area (Å²) in [6.45, 7) is 2.17. The summed E-state index contributed by atoms with van der Waals surface area (Å²) in [5.41, 5.74) is 0.932. The number of aryl methyl sites for hydroxylation is 1. The minimum absolute atomic E-state index is 0.195. The Balaban J connectivity index is 1.77. The van der Waals surface area contributed by atoms with Gasteiger partial charge in [0, 0.05) is 0 Å². The van der Waals surface area contributed by atoms with Crippen molar-refractivity contribution in [2.24, 2.45) is 0 Å². The molecule has 0 saturated heterocycles. The average molecular weight is 286 g/mol. The Hall–Kier alpha value is -2.49. The summed E-state index contributed by atoms with van der Waals surface area (Å²) in [7, 11) is 1.61. The number of ether oxygens (including phenoxy) is 3. The van der Waals surface area contributed by atoms with Crippen LogP contribution in [0, 0.1) is 6.92 Å². The molecule has 0 radical (unpaired) electrons. The molecule has 0 amide bonds. The Kier molecular flexibility index (Phi) is 5.21. The fraction of sp³-hybridized carbons (Fsp3) is 0.235. The molecule has 0 aliphatic carbocycles. The summed E-state index contributed by atoms with van der Waals surface area (Å²) >= 11 is 0. The molecule has 0 fully saturated rings. The summed E-state index contributed by atoms with van der Waals surface area (Å²) in [6.07, 6.45) is 0.195. The maximum Gasteiger partial charge on any atom is 0.314 e. The second kappa shape index (κ2) is 7.33. The smallest absolute Gasteiger partial charge is 0.314 e. The van der Waals surface area contributed by atoms with Crippen molar-refractivity contribution in [3.63, 3.8) is 0 Å². The molecule has 2 aromatic rings. The number of carbonyl (C=O) groups excluding carboxylic acids is 1. The number of carbonyl (C=O) groups is 1. The Morgan fingerprint density at radius 3 is 2.33 bits per heavy atom. The largest absolute Gasteiger partial charge is 0.497 e. The van der Waals surface area contributed by atoms with Crippen molar-refractivity contribution in [2.75, 3.05) is 13.7 Å². The number of methoxy groups -OCH3 is 1. The summed E-state index contributed by atoms with van der Waals surface area (Å²) in [5.74, 6) is 1.74. The molecule has 0 aliphatic rings. The molecule has 0 bridgehead atoms. The minimum Gasteiger partial charge on any atom is -0.497 e. The van der Waals surface area contributed by atoms with Crippen LogP contribution in [-0.2, 0) is 4.79 Å². The van der Waals surface area contributed by atoms with E-state index in [9.17, 15) is 4.79 Å². The van der Waals surface area contributed by atoms with E-state index in [1.165, 1.54) is 0 Å². The van der Waals surface area contributed by atoms with Crippen LogP contribution >= 0.6 is 0 Å². The van der Waals surface area contributed by atoms with Crippen LogP contribution < -0.4 is 14.2 Å². The van der Waals surface area contributed by atoms with Gasteiger partial charge in [-0.2, -0.15) is 0 Å². The normalized spacial score (nSPS) is 10.0. The highest BCUT2D eigenvalue weighted by Crippen LogP contribution is 2.18. The van der Waals surface area contributed by atoms with E-state index in [0.29, 0.717) is 11.5 Å². The van der Waals surface area contributed by atoms with E-state index in [2.05, 4.69) is 0 Å². The zero-order chi connectivity index (χ0) is 15.1. The number of benzene rings is 2. The van der Waals surface area contributed by atoms with E-state index in [-0.39, 0.29) is 19.0 Å². The molecular formula is C17H18O4. The second-order valence-electron chi connectivity index (χ2n) is 4.51. The Labute approximate surface area is 124 Å². The molecule has 110 valence electrons. The van der Waals surface area contributed by atoms with Crippen LogP contribution in [0.3, 0.4) is 0 Å².